The third kappa shape index (κ3) is 5.58. The summed E-state index contributed by atoms with van der Waals surface area (Å²) in [6.45, 7) is 3.02. The molecule has 0 bridgehead atoms. The van der Waals surface area contributed by atoms with Crippen LogP contribution in [0.3, 0.4) is 0 Å². The summed E-state index contributed by atoms with van der Waals surface area (Å²) in [5.41, 5.74) is 0.238. The van der Waals surface area contributed by atoms with Gasteiger partial charge in [0.1, 0.15) is 6.26 Å². The highest BCUT2D eigenvalue weighted by Gasteiger charge is 2.31. The van der Waals surface area contributed by atoms with E-state index < -0.39 is 11.7 Å². The third-order valence-corrected chi connectivity index (χ3v) is 5.99. The molecule has 1 saturated heterocycles. The molecule has 0 atom stereocenters. The summed E-state index contributed by atoms with van der Waals surface area (Å²) in [4.78, 5) is 20.8. The highest BCUT2D eigenvalue weighted by molar-refractivity contribution is 5.92. The summed E-state index contributed by atoms with van der Waals surface area (Å²) < 4.78 is 44.4. The average molecular weight is 436 g/mol. The molecule has 1 aliphatic heterocycles. The lowest BCUT2D eigenvalue weighted by Gasteiger charge is -2.35. The molecule has 168 valence electrons. The second-order valence-corrected chi connectivity index (χ2v) is 8.25. The van der Waals surface area contributed by atoms with Gasteiger partial charge in [-0.3, -0.25) is 9.69 Å². The first-order valence-corrected chi connectivity index (χ1v) is 10.8. The van der Waals surface area contributed by atoms with Crippen LogP contribution in [0.15, 0.2) is 34.9 Å². The number of alkyl halides is 3. The maximum absolute atomic E-state index is 13.0. The largest absolute Gasteiger partial charge is 0.447 e. The summed E-state index contributed by atoms with van der Waals surface area (Å²) in [6, 6.07) is 5.64. The number of nitrogens with zero attached hydrogens (tertiary/aromatic N) is 3. The van der Waals surface area contributed by atoms with E-state index in [1.54, 1.807) is 6.07 Å². The van der Waals surface area contributed by atoms with Gasteiger partial charge in [0.25, 0.3) is 5.91 Å². The molecule has 2 aromatic rings. The van der Waals surface area contributed by atoms with Gasteiger partial charge in [0.05, 0.1) is 12.1 Å². The van der Waals surface area contributed by atoms with Crippen molar-refractivity contribution in [1.82, 2.24) is 15.2 Å². The van der Waals surface area contributed by atoms with E-state index in [4.69, 9.17) is 4.42 Å². The van der Waals surface area contributed by atoms with Crippen molar-refractivity contribution in [3.8, 4) is 0 Å². The van der Waals surface area contributed by atoms with Gasteiger partial charge in [0, 0.05) is 37.9 Å². The van der Waals surface area contributed by atoms with Crippen molar-refractivity contribution < 1.29 is 22.4 Å². The second kappa shape index (κ2) is 9.30. The number of amides is 1. The number of hydrogen-bond acceptors (Lipinski definition) is 5. The molecule has 1 N–H and O–H groups in total. The SMILES string of the molecule is O=C(NC1CCCCC1)c1coc(CN2CCN(c3cccc(C(F)(F)F)c3)CC2)n1. The number of hydrogen-bond donors (Lipinski definition) is 1. The van der Waals surface area contributed by atoms with E-state index in [2.05, 4.69) is 15.2 Å². The van der Waals surface area contributed by atoms with E-state index >= 15 is 0 Å². The average Bonchev–Trinajstić information content (AvgIpc) is 3.23. The van der Waals surface area contributed by atoms with E-state index in [9.17, 15) is 18.0 Å². The maximum atomic E-state index is 13.0. The van der Waals surface area contributed by atoms with E-state index in [1.165, 1.54) is 24.8 Å². The van der Waals surface area contributed by atoms with E-state index in [-0.39, 0.29) is 11.9 Å². The van der Waals surface area contributed by atoms with Crippen LogP contribution in [0.2, 0.25) is 0 Å². The molecule has 1 saturated carbocycles. The van der Waals surface area contributed by atoms with Gasteiger partial charge in [0.15, 0.2) is 5.69 Å². The fourth-order valence-corrected chi connectivity index (χ4v) is 4.23. The molecular weight excluding hydrogens is 409 g/mol. The van der Waals surface area contributed by atoms with Gasteiger partial charge >= 0.3 is 6.18 Å². The van der Waals surface area contributed by atoms with E-state index in [0.717, 1.165) is 31.7 Å². The Morgan fingerprint density at radius 1 is 1.13 bits per heavy atom. The van der Waals surface area contributed by atoms with Crippen LogP contribution in [0, 0.1) is 0 Å². The van der Waals surface area contributed by atoms with Crippen molar-refractivity contribution >= 4 is 11.6 Å². The minimum atomic E-state index is -4.34. The Morgan fingerprint density at radius 3 is 2.58 bits per heavy atom. The fourth-order valence-electron chi connectivity index (χ4n) is 4.23. The minimum Gasteiger partial charge on any atom is -0.447 e. The Hall–Kier alpha value is -2.55. The molecule has 1 aromatic heterocycles. The molecule has 0 unspecified atom stereocenters. The second-order valence-electron chi connectivity index (χ2n) is 8.25. The van der Waals surface area contributed by atoms with Crippen LogP contribution in [-0.2, 0) is 12.7 Å². The van der Waals surface area contributed by atoms with Crippen LogP contribution >= 0.6 is 0 Å². The van der Waals surface area contributed by atoms with Crippen LogP contribution in [0.25, 0.3) is 0 Å². The predicted octanol–water partition coefficient (Wildman–Crippen LogP) is 4.08. The highest BCUT2D eigenvalue weighted by atomic mass is 19.4. The summed E-state index contributed by atoms with van der Waals surface area (Å²) in [5.74, 6) is 0.276. The Kier molecular flexibility index (Phi) is 6.50. The number of nitrogens with one attached hydrogen (secondary N) is 1. The molecule has 0 spiro atoms. The zero-order valence-corrected chi connectivity index (χ0v) is 17.3. The van der Waals surface area contributed by atoms with Gasteiger partial charge in [-0.15, -0.1) is 0 Å². The smallest absolute Gasteiger partial charge is 0.416 e. The molecule has 1 aliphatic carbocycles. The molecular formula is C22H27F3N4O2. The molecule has 6 nitrogen and oxygen atoms in total. The van der Waals surface area contributed by atoms with Gasteiger partial charge in [-0.05, 0) is 31.0 Å². The van der Waals surface area contributed by atoms with Gasteiger partial charge in [-0.2, -0.15) is 13.2 Å². The van der Waals surface area contributed by atoms with Crippen molar-refractivity contribution in [2.75, 3.05) is 31.1 Å². The number of oxazole rings is 1. The van der Waals surface area contributed by atoms with Gasteiger partial charge in [-0.1, -0.05) is 25.3 Å². The Morgan fingerprint density at radius 2 is 1.87 bits per heavy atom. The number of piperazine rings is 1. The fraction of sp³-hybridized carbons (Fsp3) is 0.545. The molecule has 31 heavy (non-hydrogen) atoms. The molecule has 1 aromatic carbocycles. The zero-order valence-electron chi connectivity index (χ0n) is 17.3. The van der Waals surface area contributed by atoms with E-state index in [0.29, 0.717) is 50.0 Å². The predicted molar refractivity (Wildman–Crippen MR) is 110 cm³/mol. The molecule has 2 aliphatic rings. The van der Waals surface area contributed by atoms with Crippen molar-refractivity contribution in [3.05, 3.63) is 47.7 Å². The maximum Gasteiger partial charge on any atom is 0.416 e. The topological polar surface area (TPSA) is 61.6 Å². The molecule has 9 heteroatoms. The number of carbonyl (C=O) groups is 1. The third-order valence-electron chi connectivity index (χ3n) is 5.99. The van der Waals surface area contributed by atoms with Gasteiger partial charge < -0.3 is 14.6 Å². The lowest BCUT2D eigenvalue weighted by Crippen LogP contribution is -2.46. The molecule has 4 rings (SSSR count). The van der Waals surface area contributed by atoms with Crippen LogP contribution in [0.4, 0.5) is 18.9 Å². The van der Waals surface area contributed by atoms with Crippen molar-refractivity contribution in [2.24, 2.45) is 0 Å². The van der Waals surface area contributed by atoms with Gasteiger partial charge in [0.2, 0.25) is 5.89 Å². The molecule has 1 amide bonds. The summed E-state index contributed by atoms with van der Waals surface area (Å²) in [7, 11) is 0. The molecule has 2 heterocycles. The first kappa shape index (κ1) is 21.7. The first-order chi connectivity index (χ1) is 14.9. The Bertz CT molecular complexity index is 885. The van der Waals surface area contributed by atoms with Gasteiger partial charge in [-0.25, -0.2) is 4.98 Å². The Balaban J connectivity index is 1.28. The van der Waals surface area contributed by atoms with Crippen LogP contribution in [0.5, 0.6) is 0 Å². The lowest BCUT2D eigenvalue weighted by molar-refractivity contribution is -0.137. The van der Waals surface area contributed by atoms with Crippen molar-refractivity contribution in [3.63, 3.8) is 0 Å². The summed E-state index contributed by atoms with van der Waals surface area (Å²) in [5, 5.41) is 3.03. The van der Waals surface area contributed by atoms with Crippen LogP contribution in [0.1, 0.15) is 54.0 Å². The van der Waals surface area contributed by atoms with Crippen molar-refractivity contribution in [2.45, 2.75) is 50.9 Å². The normalized spacial score (nSPS) is 18.9. The number of benzene rings is 1. The van der Waals surface area contributed by atoms with E-state index in [1.807, 2.05) is 4.90 Å². The lowest BCUT2D eigenvalue weighted by atomic mass is 9.95. The van der Waals surface area contributed by atoms with Crippen molar-refractivity contribution in [1.29, 1.82) is 0 Å². The number of rotatable bonds is 5. The molecule has 0 radical (unpaired) electrons. The number of aromatic nitrogens is 1. The highest BCUT2D eigenvalue weighted by Crippen LogP contribution is 2.32. The quantitative estimate of drug-likeness (QED) is 0.766. The Labute approximate surface area is 179 Å². The summed E-state index contributed by atoms with van der Waals surface area (Å²) >= 11 is 0. The monoisotopic (exact) mass is 436 g/mol. The molecule has 2 fully saturated rings. The zero-order chi connectivity index (χ0) is 21.8. The van der Waals surface area contributed by atoms with Crippen LogP contribution in [-0.4, -0.2) is 48.0 Å². The number of anilines is 1. The number of halogens is 3. The first-order valence-electron chi connectivity index (χ1n) is 10.8. The minimum absolute atomic E-state index is 0.198. The summed E-state index contributed by atoms with van der Waals surface area (Å²) in [6.07, 6.45) is 2.57. The van der Waals surface area contributed by atoms with Crippen LogP contribution < -0.4 is 10.2 Å². The number of carbonyl (C=O) groups excluding carboxylic acids is 1. The standard InChI is InChI=1S/C22H27F3N4O2/c23-22(24,25)16-5-4-8-18(13-16)29-11-9-28(10-12-29)14-20-27-19(15-31-20)21(30)26-17-6-2-1-3-7-17/h4-5,8,13,15,17H,1-3,6-7,9-12,14H2,(H,26,30).